The molecule has 0 radical (unpaired) electrons. The Morgan fingerprint density at radius 2 is 1.78 bits per heavy atom. The van der Waals surface area contributed by atoms with Crippen molar-refractivity contribution >= 4 is 43.9 Å². The molecule has 0 N–H and O–H groups in total. The number of alkyl halides is 1. The summed E-state index contributed by atoms with van der Waals surface area (Å²) in [4.78, 5) is 0. The lowest BCUT2D eigenvalue weighted by Crippen LogP contribution is -1.93. The van der Waals surface area contributed by atoms with Gasteiger partial charge in [-0.05, 0) is 6.92 Å². The minimum Gasteiger partial charge on any atom is -0.291 e. The van der Waals surface area contributed by atoms with Crippen molar-refractivity contribution in [3.05, 3.63) is 0 Å². The van der Waals surface area contributed by atoms with Crippen molar-refractivity contribution in [1.29, 1.82) is 0 Å². The van der Waals surface area contributed by atoms with Gasteiger partial charge in [-0.15, -0.1) is 0 Å². The van der Waals surface area contributed by atoms with Crippen molar-refractivity contribution in [2.75, 3.05) is 0 Å². The van der Waals surface area contributed by atoms with Gasteiger partial charge in [-0.1, -0.05) is 11.6 Å². The lowest BCUT2D eigenvalue weighted by Gasteiger charge is -2.08. The average molecular weight is 213 g/mol. The minimum absolute atomic E-state index is 0.534. The second-order valence-electron chi connectivity index (χ2n) is 1.01. The molecule has 9 heavy (non-hydrogen) atoms. The summed E-state index contributed by atoms with van der Waals surface area (Å²) in [6.45, 7) is 1.59. The molecule has 0 aromatic heterocycles. The summed E-state index contributed by atoms with van der Waals surface area (Å²) < 4.78 is 12.8. The summed E-state index contributed by atoms with van der Waals surface area (Å²) in [5, 5.41) is 0. The van der Waals surface area contributed by atoms with E-state index in [4.69, 9.17) is 35.3 Å². The van der Waals surface area contributed by atoms with Crippen LogP contribution in [-0.2, 0) is 12.7 Å². The molecule has 1 atom stereocenters. The molecule has 0 amide bonds. The summed E-state index contributed by atoms with van der Waals surface area (Å²) in [6.07, 6.45) is 0. The molecule has 0 rings (SSSR count). The van der Waals surface area contributed by atoms with Gasteiger partial charge in [-0.25, -0.2) is 0 Å². The third-order valence-corrected chi connectivity index (χ3v) is 1.95. The normalized spacial score (nSPS) is 14.3. The van der Waals surface area contributed by atoms with Crippen molar-refractivity contribution in [3.63, 3.8) is 0 Å². The molecule has 0 heterocycles. The highest BCUT2D eigenvalue weighted by atomic mass is 35.5. The summed E-state index contributed by atoms with van der Waals surface area (Å²) in [6, 6.07) is 0. The molecule has 0 saturated carbocycles. The minimum atomic E-state index is -1.70. The molecule has 7 heteroatoms. The highest BCUT2D eigenvalue weighted by Gasteiger charge is 2.13. The molecule has 0 spiro atoms. The quantitative estimate of drug-likeness (QED) is 0.530. The van der Waals surface area contributed by atoms with Crippen molar-refractivity contribution in [2.24, 2.45) is 0 Å². The zero-order valence-corrected chi connectivity index (χ0v) is 7.55. The van der Waals surface area contributed by atoms with Crippen LogP contribution in [0.4, 0.5) is 0 Å². The average Bonchev–Trinajstić information content (AvgIpc) is 1.82. The van der Waals surface area contributed by atoms with E-state index >= 15 is 0 Å². The Bertz CT molecular complexity index is 68.1. The van der Waals surface area contributed by atoms with Crippen LogP contribution < -0.4 is 0 Å². The number of hydrogen-bond acceptors (Lipinski definition) is 3. The van der Waals surface area contributed by atoms with E-state index in [9.17, 15) is 0 Å². The second kappa shape index (κ2) is 5.93. The molecule has 0 saturated heterocycles. The van der Waals surface area contributed by atoms with Crippen LogP contribution in [0, 0.1) is 0 Å². The number of halogens is 3. The van der Waals surface area contributed by atoms with Gasteiger partial charge in [0.2, 0.25) is 0 Å². The molecule has 1 unspecified atom stereocenters. The van der Waals surface area contributed by atoms with Crippen LogP contribution in [0.3, 0.4) is 0 Å². The van der Waals surface area contributed by atoms with E-state index in [0.29, 0.717) is 0 Å². The Morgan fingerprint density at radius 1 is 1.33 bits per heavy atom. The molecule has 0 bridgehead atoms. The van der Waals surface area contributed by atoms with Crippen LogP contribution in [0.5, 0.6) is 0 Å². The fraction of sp³-hybridized carbons (Fsp3) is 1.00. The first-order chi connectivity index (χ1) is 4.20. The van der Waals surface area contributed by atoms with Crippen LogP contribution in [0.2, 0.25) is 0 Å². The number of hydrogen-bond donors (Lipinski definition) is 0. The second-order valence-corrected chi connectivity index (χ2v) is 3.39. The van der Waals surface area contributed by atoms with Gasteiger partial charge in [-0.2, -0.15) is 8.15 Å². The summed E-state index contributed by atoms with van der Waals surface area (Å²) in [5.41, 5.74) is -0.534. The lowest BCUT2D eigenvalue weighted by atomic mass is 10.9. The van der Waals surface area contributed by atoms with Gasteiger partial charge >= 0.3 is 8.60 Å². The third kappa shape index (κ3) is 5.62. The summed E-state index contributed by atoms with van der Waals surface area (Å²) >= 11 is 15.0. The topological polar surface area (TPSA) is 27.7 Å². The molecule has 3 nitrogen and oxygen atoms in total. The van der Waals surface area contributed by atoms with E-state index in [1.165, 1.54) is 0 Å². The van der Waals surface area contributed by atoms with E-state index < -0.39 is 14.2 Å². The van der Waals surface area contributed by atoms with Crippen LogP contribution >= 0.6 is 43.9 Å². The molecule has 0 aliphatic carbocycles. The van der Waals surface area contributed by atoms with Crippen LogP contribution in [0.15, 0.2) is 0 Å². The molecule has 0 aliphatic rings. The van der Waals surface area contributed by atoms with Gasteiger partial charge < -0.3 is 0 Å². The predicted octanol–water partition coefficient (Wildman–Crippen LogP) is 3.16. The fourth-order valence-electron chi connectivity index (χ4n) is 0.162. The molecule has 0 aromatic rings. The maximum absolute atomic E-state index is 5.35. The van der Waals surface area contributed by atoms with E-state index in [-0.39, 0.29) is 0 Å². The third-order valence-electron chi connectivity index (χ3n) is 0.344. The van der Waals surface area contributed by atoms with Crippen LogP contribution in [-0.4, -0.2) is 5.56 Å². The van der Waals surface area contributed by atoms with E-state index in [1.807, 2.05) is 0 Å². The molecule has 0 fully saturated rings. The first-order valence-corrected chi connectivity index (χ1v) is 4.04. The van der Waals surface area contributed by atoms with Crippen LogP contribution in [0.1, 0.15) is 6.92 Å². The van der Waals surface area contributed by atoms with Crippen LogP contribution in [0.25, 0.3) is 0 Å². The van der Waals surface area contributed by atoms with E-state index in [1.54, 1.807) is 6.92 Å². The summed E-state index contributed by atoms with van der Waals surface area (Å²) in [5.74, 6) is 0. The van der Waals surface area contributed by atoms with E-state index in [0.717, 1.165) is 0 Å². The highest BCUT2D eigenvalue weighted by Crippen LogP contribution is 2.43. The monoisotopic (exact) mass is 212 g/mol. The Balaban J connectivity index is 3.31. The zero-order chi connectivity index (χ0) is 7.28. The van der Waals surface area contributed by atoms with Crippen molar-refractivity contribution in [1.82, 2.24) is 0 Å². The van der Waals surface area contributed by atoms with Crippen molar-refractivity contribution < 1.29 is 12.7 Å². The highest BCUT2D eigenvalue weighted by molar-refractivity contribution is 7.43. The molecular formula is C2H4Cl3O3P. The predicted molar refractivity (Wildman–Crippen MR) is 37.2 cm³/mol. The van der Waals surface area contributed by atoms with Crippen molar-refractivity contribution in [3.8, 4) is 0 Å². The maximum Gasteiger partial charge on any atom is 0.369 e. The van der Waals surface area contributed by atoms with Gasteiger partial charge in [-0.3, -0.25) is 4.52 Å². The molecule has 0 aliphatic heterocycles. The zero-order valence-electron chi connectivity index (χ0n) is 4.38. The molecule has 0 aromatic carbocycles. The van der Waals surface area contributed by atoms with Gasteiger partial charge in [0.25, 0.3) is 0 Å². The van der Waals surface area contributed by atoms with Crippen molar-refractivity contribution in [2.45, 2.75) is 12.5 Å². The standard InChI is InChI=1S/C2H4Cl3O3P/c1-2(3)6-9(7-4)8-5/h2H,1H3. The first kappa shape index (κ1) is 10.2. The van der Waals surface area contributed by atoms with Gasteiger partial charge in [0.05, 0.1) is 23.7 Å². The number of rotatable bonds is 4. The Kier molecular flexibility index (Phi) is 6.70. The lowest BCUT2D eigenvalue weighted by molar-refractivity contribution is 0.263. The van der Waals surface area contributed by atoms with Gasteiger partial charge in [0.1, 0.15) is 5.56 Å². The maximum atomic E-state index is 5.35. The van der Waals surface area contributed by atoms with E-state index in [2.05, 4.69) is 12.7 Å². The molecular weight excluding hydrogens is 209 g/mol. The fourth-order valence-corrected chi connectivity index (χ4v) is 1.13. The smallest absolute Gasteiger partial charge is 0.291 e. The summed E-state index contributed by atoms with van der Waals surface area (Å²) in [7, 11) is -1.70. The largest absolute Gasteiger partial charge is 0.369 e. The SMILES string of the molecule is CC(Cl)OP(OCl)OCl. The molecule has 56 valence electrons. The van der Waals surface area contributed by atoms with Gasteiger partial charge in [0.15, 0.2) is 0 Å². The van der Waals surface area contributed by atoms with Gasteiger partial charge in [0, 0.05) is 0 Å². The Labute approximate surface area is 69.5 Å². The first-order valence-electron chi connectivity index (χ1n) is 1.89. The Morgan fingerprint density at radius 3 is 1.89 bits per heavy atom. The Hall–Kier alpha value is 1.18.